The molecule has 104 valence electrons. The van der Waals surface area contributed by atoms with Crippen LogP contribution in [0.15, 0.2) is 0 Å². The Morgan fingerprint density at radius 1 is 1.50 bits per heavy atom. The summed E-state index contributed by atoms with van der Waals surface area (Å²) in [7, 11) is 0. The fourth-order valence-corrected chi connectivity index (χ4v) is 2.70. The van der Waals surface area contributed by atoms with E-state index in [0.717, 1.165) is 19.3 Å². The van der Waals surface area contributed by atoms with E-state index in [1.807, 2.05) is 0 Å². The molecular weight excluding hydrogens is 242 g/mol. The van der Waals surface area contributed by atoms with Gasteiger partial charge in [0.2, 0.25) is 0 Å². The number of amides is 2. The summed E-state index contributed by atoms with van der Waals surface area (Å²) in [5.74, 6) is -3.05. The highest BCUT2D eigenvalue weighted by molar-refractivity contribution is 5.74. The van der Waals surface area contributed by atoms with Crippen LogP contribution in [0.1, 0.15) is 19.3 Å². The van der Waals surface area contributed by atoms with Gasteiger partial charge in [0.15, 0.2) is 0 Å². The number of nitrogens with one attached hydrogen (secondary N) is 1. The fraction of sp³-hybridized carbons (Fsp3) is 0.909. The maximum Gasteiger partial charge on any atom is 0.317 e. The van der Waals surface area contributed by atoms with E-state index >= 15 is 0 Å². The van der Waals surface area contributed by atoms with Crippen LogP contribution in [0.2, 0.25) is 0 Å². The van der Waals surface area contributed by atoms with E-state index in [1.54, 1.807) is 0 Å². The molecule has 2 amide bonds. The third kappa shape index (κ3) is 2.42. The number of nitrogens with zero attached hydrogens (tertiary/aromatic N) is 1. The minimum Gasteiger partial charge on any atom is -0.332 e. The molecule has 0 aromatic rings. The van der Waals surface area contributed by atoms with Gasteiger partial charge in [0.05, 0.1) is 13.1 Å². The van der Waals surface area contributed by atoms with Crippen molar-refractivity contribution >= 4 is 6.03 Å². The van der Waals surface area contributed by atoms with E-state index < -0.39 is 25.0 Å². The van der Waals surface area contributed by atoms with Gasteiger partial charge >= 0.3 is 6.03 Å². The van der Waals surface area contributed by atoms with E-state index in [-0.39, 0.29) is 11.5 Å². The highest BCUT2D eigenvalue weighted by Crippen LogP contribution is 2.47. The van der Waals surface area contributed by atoms with E-state index in [0.29, 0.717) is 13.1 Å². The number of urea groups is 1. The molecule has 1 spiro atoms. The normalized spacial score (nSPS) is 26.2. The van der Waals surface area contributed by atoms with Gasteiger partial charge in [-0.15, -0.1) is 0 Å². The second kappa shape index (κ2) is 4.62. The predicted octanol–water partition coefficient (Wildman–Crippen LogP) is 0.103. The zero-order valence-corrected chi connectivity index (χ0v) is 10.3. The minimum atomic E-state index is -3.05. The molecular formula is C11H20F2N4O. The Kier molecular flexibility index (Phi) is 3.46. The number of carbonyl (C=O) groups is 1. The topological polar surface area (TPSA) is 84.4 Å². The van der Waals surface area contributed by atoms with E-state index in [9.17, 15) is 13.6 Å². The van der Waals surface area contributed by atoms with Crippen LogP contribution in [-0.4, -0.2) is 49.1 Å². The Balaban J connectivity index is 1.84. The summed E-state index contributed by atoms with van der Waals surface area (Å²) in [6.07, 6.45) is 3.18. The van der Waals surface area contributed by atoms with Gasteiger partial charge in [0.1, 0.15) is 0 Å². The maximum absolute atomic E-state index is 12.9. The average Bonchev–Trinajstić information content (AvgIpc) is 2.64. The van der Waals surface area contributed by atoms with Crippen LogP contribution >= 0.6 is 0 Å². The summed E-state index contributed by atoms with van der Waals surface area (Å²) in [5, 5.41) is 2.22. The lowest BCUT2D eigenvalue weighted by molar-refractivity contribution is 0.0132. The van der Waals surface area contributed by atoms with Crippen molar-refractivity contribution in [2.75, 3.05) is 26.2 Å². The second-order valence-corrected chi connectivity index (χ2v) is 5.42. The quantitative estimate of drug-likeness (QED) is 0.674. The molecule has 1 atom stereocenters. The van der Waals surface area contributed by atoms with Crippen LogP contribution in [0.3, 0.4) is 0 Å². The number of hydrogen-bond acceptors (Lipinski definition) is 3. The Morgan fingerprint density at radius 3 is 2.61 bits per heavy atom. The monoisotopic (exact) mass is 262 g/mol. The number of nitrogens with two attached hydrogens (primary N) is 2. The third-order valence-electron chi connectivity index (χ3n) is 4.14. The molecule has 1 unspecified atom stereocenters. The summed E-state index contributed by atoms with van der Waals surface area (Å²) in [6.45, 7) is -0.466. The second-order valence-electron chi connectivity index (χ2n) is 5.42. The number of likely N-dealkylation sites (tertiary alicyclic amines) is 1. The first kappa shape index (κ1) is 13.5. The molecule has 0 aromatic carbocycles. The molecule has 2 fully saturated rings. The van der Waals surface area contributed by atoms with E-state index in [1.165, 1.54) is 4.90 Å². The molecule has 1 heterocycles. The van der Waals surface area contributed by atoms with Crippen LogP contribution in [0, 0.1) is 5.41 Å². The van der Waals surface area contributed by atoms with Crippen molar-refractivity contribution < 1.29 is 13.6 Å². The highest BCUT2D eigenvalue weighted by atomic mass is 19.3. The van der Waals surface area contributed by atoms with E-state index in [4.69, 9.17) is 11.5 Å². The molecule has 18 heavy (non-hydrogen) atoms. The van der Waals surface area contributed by atoms with Gasteiger partial charge in [-0.2, -0.15) is 0 Å². The average molecular weight is 262 g/mol. The van der Waals surface area contributed by atoms with Crippen LogP contribution < -0.4 is 16.8 Å². The number of alkyl halides is 2. The molecule has 7 heteroatoms. The summed E-state index contributed by atoms with van der Waals surface area (Å²) in [6, 6.07) is -0.505. The first-order chi connectivity index (χ1) is 8.38. The SMILES string of the molecule is NCC(F)(F)CNC(=O)N1CC(N)C2(CCC2)C1. The number of carbonyl (C=O) groups excluding carboxylic acids is 1. The third-order valence-corrected chi connectivity index (χ3v) is 4.14. The van der Waals surface area contributed by atoms with Gasteiger partial charge in [0, 0.05) is 24.5 Å². The molecule has 2 rings (SSSR count). The van der Waals surface area contributed by atoms with E-state index in [2.05, 4.69) is 5.32 Å². The van der Waals surface area contributed by atoms with Crippen LogP contribution in [0.25, 0.3) is 0 Å². The zero-order valence-electron chi connectivity index (χ0n) is 10.3. The molecule has 0 aromatic heterocycles. The number of rotatable bonds is 3. The van der Waals surface area contributed by atoms with Crippen molar-refractivity contribution in [1.82, 2.24) is 10.2 Å². The Hall–Kier alpha value is -0.950. The van der Waals surface area contributed by atoms with Crippen LogP contribution in [-0.2, 0) is 0 Å². The lowest BCUT2D eigenvalue weighted by Gasteiger charge is -2.41. The van der Waals surface area contributed by atoms with Crippen molar-refractivity contribution in [3.63, 3.8) is 0 Å². The number of halogens is 2. The zero-order chi connectivity index (χ0) is 13.4. The first-order valence-electron chi connectivity index (χ1n) is 6.25. The summed E-state index contributed by atoms with van der Waals surface area (Å²) >= 11 is 0. The van der Waals surface area contributed by atoms with Crippen LogP contribution in [0.4, 0.5) is 13.6 Å². The highest BCUT2D eigenvalue weighted by Gasteiger charge is 2.50. The van der Waals surface area contributed by atoms with Gasteiger partial charge in [0.25, 0.3) is 5.92 Å². The first-order valence-corrected chi connectivity index (χ1v) is 6.25. The molecule has 2 aliphatic rings. The lowest BCUT2D eigenvalue weighted by atomic mass is 9.66. The molecule has 1 aliphatic carbocycles. The van der Waals surface area contributed by atoms with Crippen molar-refractivity contribution in [3.05, 3.63) is 0 Å². The van der Waals surface area contributed by atoms with Crippen molar-refractivity contribution in [1.29, 1.82) is 0 Å². The largest absolute Gasteiger partial charge is 0.332 e. The van der Waals surface area contributed by atoms with Gasteiger partial charge in [-0.25, -0.2) is 13.6 Å². The molecule has 5 nitrogen and oxygen atoms in total. The standard InChI is InChI=1S/C11H20F2N4O/c12-11(13,5-14)6-16-9(18)17-4-8(15)10(7-17)2-1-3-10/h8H,1-7,14-15H2,(H,16,18). The fourth-order valence-electron chi connectivity index (χ4n) is 2.70. The minimum absolute atomic E-state index is 0.0352. The molecule has 1 saturated heterocycles. The molecule has 1 saturated carbocycles. The Morgan fingerprint density at radius 2 is 2.17 bits per heavy atom. The lowest BCUT2D eigenvalue weighted by Crippen LogP contribution is -2.47. The summed E-state index contributed by atoms with van der Waals surface area (Å²) < 4.78 is 25.8. The van der Waals surface area contributed by atoms with Gasteiger partial charge in [-0.1, -0.05) is 6.42 Å². The van der Waals surface area contributed by atoms with Crippen LogP contribution in [0.5, 0.6) is 0 Å². The smallest absolute Gasteiger partial charge is 0.317 e. The van der Waals surface area contributed by atoms with Gasteiger partial charge in [-0.05, 0) is 12.8 Å². The van der Waals surface area contributed by atoms with Gasteiger partial charge < -0.3 is 21.7 Å². The van der Waals surface area contributed by atoms with Gasteiger partial charge in [-0.3, -0.25) is 0 Å². The number of hydrogen-bond donors (Lipinski definition) is 3. The molecule has 0 bridgehead atoms. The van der Waals surface area contributed by atoms with Crippen molar-refractivity contribution in [2.24, 2.45) is 16.9 Å². The Bertz CT molecular complexity index is 333. The van der Waals surface area contributed by atoms with Crippen molar-refractivity contribution in [3.8, 4) is 0 Å². The summed E-state index contributed by atoms with van der Waals surface area (Å²) in [5.41, 5.74) is 11.0. The van der Waals surface area contributed by atoms with Crippen molar-refractivity contribution in [2.45, 2.75) is 31.2 Å². The summed E-state index contributed by atoms with van der Waals surface area (Å²) in [4.78, 5) is 13.3. The molecule has 1 aliphatic heterocycles. The molecule has 5 N–H and O–H groups in total. The Labute approximate surface area is 105 Å². The predicted molar refractivity (Wildman–Crippen MR) is 63.2 cm³/mol. The molecule has 0 radical (unpaired) electrons. The maximum atomic E-state index is 12.9.